The topological polar surface area (TPSA) is 50.6 Å². The number of likely N-dealkylation sites (tertiary alicyclic amines) is 1. The molecule has 0 atom stereocenters. The van der Waals surface area contributed by atoms with Crippen molar-refractivity contribution in [2.45, 2.75) is 18.9 Å². The van der Waals surface area contributed by atoms with Gasteiger partial charge in [-0.15, -0.1) is 11.3 Å². The zero-order valence-electron chi connectivity index (χ0n) is 16.9. The molecule has 2 aliphatic rings. The van der Waals surface area contributed by atoms with Gasteiger partial charge in [0, 0.05) is 50.2 Å². The molecule has 6 nitrogen and oxygen atoms in total. The number of nitrogens with zero attached hydrogens (tertiary/aromatic N) is 4. The SMILES string of the molecule is O=C(c1cc(-c2ccccc2)c(N2CCOCC2)s1)N1CCC(n2ccnc2)CC1. The van der Waals surface area contributed by atoms with Crippen LogP contribution >= 0.6 is 11.3 Å². The van der Waals surface area contributed by atoms with Crippen LogP contribution in [0.2, 0.25) is 0 Å². The summed E-state index contributed by atoms with van der Waals surface area (Å²) in [5, 5.41) is 1.18. The highest BCUT2D eigenvalue weighted by atomic mass is 32.1. The fourth-order valence-electron chi connectivity index (χ4n) is 4.32. The zero-order chi connectivity index (χ0) is 20.3. The molecule has 0 N–H and O–H groups in total. The second kappa shape index (κ2) is 8.62. The van der Waals surface area contributed by atoms with E-state index in [9.17, 15) is 4.79 Å². The monoisotopic (exact) mass is 422 g/mol. The minimum Gasteiger partial charge on any atom is -0.378 e. The number of ether oxygens (including phenoxy) is 1. The van der Waals surface area contributed by atoms with Crippen molar-refractivity contribution in [1.29, 1.82) is 0 Å². The summed E-state index contributed by atoms with van der Waals surface area (Å²) >= 11 is 1.63. The highest BCUT2D eigenvalue weighted by Gasteiger charge is 2.28. The number of carbonyl (C=O) groups is 1. The van der Waals surface area contributed by atoms with Gasteiger partial charge in [-0.25, -0.2) is 4.98 Å². The van der Waals surface area contributed by atoms with Crippen molar-refractivity contribution in [3.63, 3.8) is 0 Å². The van der Waals surface area contributed by atoms with Crippen LogP contribution in [0.4, 0.5) is 5.00 Å². The second-order valence-electron chi connectivity index (χ2n) is 7.83. The predicted octanol–water partition coefficient (Wildman–Crippen LogP) is 3.93. The molecule has 7 heteroatoms. The second-order valence-corrected chi connectivity index (χ2v) is 8.86. The van der Waals surface area contributed by atoms with E-state index in [1.165, 1.54) is 5.00 Å². The van der Waals surface area contributed by atoms with Gasteiger partial charge in [0.25, 0.3) is 5.91 Å². The number of thiophene rings is 1. The predicted molar refractivity (Wildman–Crippen MR) is 119 cm³/mol. The number of rotatable bonds is 4. The lowest BCUT2D eigenvalue weighted by atomic mass is 10.0. The third-order valence-electron chi connectivity index (χ3n) is 6.00. The van der Waals surface area contributed by atoms with Crippen molar-refractivity contribution in [1.82, 2.24) is 14.5 Å². The van der Waals surface area contributed by atoms with Gasteiger partial charge in [0.1, 0.15) is 0 Å². The number of amides is 1. The van der Waals surface area contributed by atoms with Gasteiger partial charge >= 0.3 is 0 Å². The molecule has 30 heavy (non-hydrogen) atoms. The summed E-state index contributed by atoms with van der Waals surface area (Å²) in [6.45, 7) is 4.77. The van der Waals surface area contributed by atoms with Gasteiger partial charge in [-0.3, -0.25) is 4.79 Å². The van der Waals surface area contributed by atoms with Crippen molar-refractivity contribution in [2.24, 2.45) is 0 Å². The van der Waals surface area contributed by atoms with E-state index in [-0.39, 0.29) is 5.91 Å². The minimum absolute atomic E-state index is 0.153. The summed E-state index contributed by atoms with van der Waals surface area (Å²) < 4.78 is 7.70. The number of benzene rings is 1. The first kappa shape index (κ1) is 19.3. The van der Waals surface area contributed by atoms with Gasteiger partial charge in [0.15, 0.2) is 0 Å². The quantitative estimate of drug-likeness (QED) is 0.639. The standard InChI is InChI=1S/C23H26N4O2S/c28-22(25-9-6-19(7-10-25)27-11-8-24-17-27)21-16-20(18-4-2-1-3-5-18)23(30-21)26-12-14-29-15-13-26/h1-5,8,11,16-17,19H,6-7,9-10,12-15H2. The average molecular weight is 423 g/mol. The minimum atomic E-state index is 0.153. The molecule has 156 valence electrons. The Labute approximate surface area is 180 Å². The Hall–Kier alpha value is -2.64. The van der Waals surface area contributed by atoms with Crippen molar-refractivity contribution in [3.05, 3.63) is 60.0 Å². The number of anilines is 1. The number of morpholine rings is 1. The molecule has 2 fully saturated rings. The van der Waals surface area contributed by atoms with Gasteiger partial charge in [0.05, 0.1) is 29.4 Å². The molecule has 0 radical (unpaired) electrons. The molecule has 2 saturated heterocycles. The lowest BCUT2D eigenvalue weighted by molar-refractivity contribution is 0.0699. The molecule has 0 spiro atoms. The van der Waals surface area contributed by atoms with Crippen LogP contribution in [0, 0.1) is 0 Å². The maximum absolute atomic E-state index is 13.3. The number of carbonyl (C=O) groups excluding carboxylic acids is 1. The van der Waals surface area contributed by atoms with Crippen molar-refractivity contribution in [2.75, 3.05) is 44.3 Å². The molecule has 0 saturated carbocycles. The summed E-state index contributed by atoms with van der Waals surface area (Å²) in [6, 6.07) is 12.9. The molecule has 3 aromatic rings. The Kier molecular flexibility index (Phi) is 5.55. The number of hydrogen-bond acceptors (Lipinski definition) is 5. The van der Waals surface area contributed by atoms with Crippen molar-refractivity contribution in [3.8, 4) is 11.1 Å². The Morgan fingerprint density at radius 1 is 1.07 bits per heavy atom. The normalized spacial score (nSPS) is 18.0. The van der Waals surface area contributed by atoms with E-state index >= 15 is 0 Å². The van der Waals surface area contributed by atoms with Crippen molar-refractivity contribution < 1.29 is 9.53 Å². The van der Waals surface area contributed by atoms with Crippen LogP contribution in [0.5, 0.6) is 0 Å². The molecule has 0 bridgehead atoms. The lowest BCUT2D eigenvalue weighted by Crippen LogP contribution is -2.38. The largest absolute Gasteiger partial charge is 0.378 e. The van der Waals surface area contributed by atoms with Crippen LogP contribution in [0.25, 0.3) is 11.1 Å². The zero-order valence-corrected chi connectivity index (χ0v) is 17.8. The summed E-state index contributed by atoms with van der Waals surface area (Å²) in [5.74, 6) is 0.153. The van der Waals surface area contributed by atoms with Gasteiger partial charge < -0.3 is 19.1 Å². The first-order valence-electron chi connectivity index (χ1n) is 10.6. The van der Waals surface area contributed by atoms with E-state index in [0.717, 1.165) is 68.2 Å². The molecule has 0 unspecified atom stereocenters. The molecule has 1 aromatic carbocycles. The highest BCUT2D eigenvalue weighted by Crippen LogP contribution is 2.40. The lowest BCUT2D eigenvalue weighted by Gasteiger charge is -2.32. The van der Waals surface area contributed by atoms with Crippen LogP contribution < -0.4 is 4.90 Å². The van der Waals surface area contributed by atoms with E-state index in [0.29, 0.717) is 6.04 Å². The van der Waals surface area contributed by atoms with Gasteiger partial charge in [0.2, 0.25) is 0 Å². The molecule has 2 aliphatic heterocycles. The van der Waals surface area contributed by atoms with Crippen LogP contribution in [0.15, 0.2) is 55.1 Å². The Morgan fingerprint density at radius 2 is 1.83 bits per heavy atom. The van der Waals surface area contributed by atoms with E-state index in [2.05, 4.69) is 44.8 Å². The third kappa shape index (κ3) is 3.87. The molecule has 1 amide bonds. The summed E-state index contributed by atoms with van der Waals surface area (Å²) in [5.41, 5.74) is 2.31. The highest BCUT2D eigenvalue weighted by molar-refractivity contribution is 7.18. The number of imidazole rings is 1. The fraction of sp³-hybridized carbons (Fsp3) is 0.391. The van der Waals surface area contributed by atoms with Crippen LogP contribution in [0.1, 0.15) is 28.6 Å². The van der Waals surface area contributed by atoms with Crippen molar-refractivity contribution >= 4 is 22.2 Å². The third-order valence-corrected chi connectivity index (χ3v) is 7.19. The van der Waals surface area contributed by atoms with Crippen LogP contribution in [-0.4, -0.2) is 59.8 Å². The summed E-state index contributed by atoms with van der Waals surface area (Å²) in [6.07, 6.45) is 7.65. The Balaban J connectivity index is 1.37. The summed E-state index contributed by atoms with van der Waals surface area (Å²) in [4.78, 5) is 22.7. The average Bonchev–Trinajstić information content (AvgIpc) is 3.51. The molecule has 4 heterocycles. The Morgan fingerprint density at radius 3 is 2.53 bits per heavy atom. The maximum Gasteiger partial charge on any atom is 0.264 e. The molecular weight excluding hydrogens is 396 g/mol. The molecule has 2 aromatic heterocycles. The number of piperidine rings is 1. The first-order valence-corrected chi connectivity index (χ1v) is 11.4. The smallest absolute Gasteiger partial charge is 0.264 e. The molecule has 5 rings (SSSR count). The Bertz CT molecular complexity index is 972. The first-order chi connectivity index (χ1) is 14.8. The van der Waals surface area contributed by atoms with E-state index < -0.39 is 0 Å². The molecular formula is C23H26N4O2S. The fourth-order valence-corrected chi connectivity index (χ4v) is 5.52. The number of aromatic nitrogens is 2. The van der Waals surface area contributed by atoms with E-state index in [4.69, 9.17) is 4.74 Å². The van der Waals surface area contributed by atoms with Gasteiger partial charge in [-0.05, 0) is 24.5 Å². The van der Waals surface area contributed by atoms with Gasteiger partial charge in [-0.1, -0.05) is 30.3 Å². The number of hydrogen-bond donors (Lipinski definition) is 0. The maximum atomic E-state index is 13.3. The van der Waals surface area contributed by atoms with E-state index in [1.54, 1.807) is 11.3 Å². The molecule has 0 aliphatic carbocycles. The summed E-state index contributed by atoms with van der Waals surface area (Å²) in [7, 11) is 0. The van der Waals surface area contributed by atoms with Crippen LogP contribution in [-0.2, 0) is 4.74 Å². The van der Waals surface area contributed by atoms with Gasteiger partial charge in [-0.2, -0.15) is 0 Å². The van der Waals surface area contributed by atoms with Crippen LogP contribution in [0.3, 0.4) is 0 Å². The van der Waals surface area contributed by atoms with E-state index in [1.807, 2.05) is 29.7 Å².